The van der Waals surface area contributed by atoms with Crippen LogP contribution in [0.15, 0.2) is 249 Å². The molecule has 0 atom stereocenters. The Morgan fingerprint density at radius 3 is 1.02 bits per heavy atom. The van der Waals surface area contributed by atoms with Crippen molar-refractivity contribution in [2.24, 2.45) is 0 Å². The van der Waals surface area contributed by atoms with Crippen molar-refractivity contribution in [3.05, 3.63) is 271 Å². The molecule has 0 aliphatic carbocycles. The van der Waals surface area contributed by atoms with Crippen LogP contribution in [0.5, 0.6) is 0 Å². The highest BCUT2D eigenvalue weighted by Gasteiger charge is 2.34. The van der Waals surface area contributed by atoms with Gasteiger partial charge in [0, 0.05) is 59.9 Å². The maximum atomic E-state index is 10.6. The van der Waals surface area contributed by atoms with E-state index in [1.165, 1.54) is 0 Å². The predicted molar refractivity (Wildman–Crippen MR) is 346 cm³/mol. The monoisotopic (exact) mass is 1110 g/mol. The zero-order valence-electron chi connectivity index (χ0n) is 46.1. The lowest BCUT2D eigenvalue weighted by atomic mass is 9.95. The highest BCUT2D eigenvalue weighted by Crippen LogP contribution is 2.51. The van der Waals surface area contributed by atoms with Crippen LogP contribution in [-0.2, 0) is 0 Å². The van der Waals surface area contributed by atoms with Crippen molar-refractivity contribution in [3.8, 4) is 75.5 Å². The lowest BCUT2D eigenvalue weighted by Gasteiger charge is -2.27. The zero-order valence-corrected chi connectivity index (χ0v) is 46.1. The number of nitrogens with zero attached hydrogens (tertiary/aromatic N) is 11. The van der Waals surface area contributed by atoms with E-state index in [1.54, 1.807) is 0 Å². The van der Waals surface area contributed by atoms with Crippen LogP contribution in [0.1, 0.15) is 22.3 Å². The molecule has 11 heteroatoms. The molecular weight excluding hydrogens is 1070 g/mol. The van der Waals surface area contributed by atoms with Gasteiger partial charge in [0.05, 0.1) is 102 Å². The summed E-state index contributed by atoms with van der Waals surface area (Å²) in [6, 6.07) is 93.6. The van der Waals surface area contributed by atoms with Crippen LogP contribution in [-0.4, -0.2) is 32.8 Å². The number of para-hydroxylation sites is 7. The molecule has 400 valence electrons. The van der Waals surface area contributed by atoms with Gasteiger partial charge in [-0.25, -0.2) is 9.97 Å². The number of benzene rings is 11. The standard InChI is InChI=1S/C76H41N11/c77-42-46-30-34-66-57(38-46)51-18-6-11-25-62(51)84(66)72-71(55-22-4-5-23-56(55)74-81-61-24-10-15-29-70(61)83(74)50-16-2-1-3-17-50)73(85-63-26-12-7-19-52(63)58-39-47(43-78)31-35-67(58)85)76(87-65-28-14-9-21-54(65)60-41-49(45-80)33-37-69(60)87)82-75(72)86-64-27-13-8-20-53(64)59-40-48(44-79)32-36-68(59)86/h1-41H. The molecular formula is C76H41N11. The van der Waals surface area contributed by atoms with Crippen molar-refractivity contribution >= 4 is 98.3 Å². The van der Waals surface area contributed by atoms with Gasteiger partial charge in [0.25, 0.3) is 0 Å². The molecule has 0 radical (unpaired) electrons. The number of nitriles is 4. The van der Waals surface area contributed by atoms with Gasteiger partial charge in [-0.15, -0.1) is 0 Å². The summed E-state index contributed by atoms with van der Waals surface area (Å²) in [4.78, 5) is 12.0. The molecule has 87 heavy (non-hydrogen) atoms. The lowest BCUT2D eigenvalue weighted by molar-refractivity contribution is 0.961. The number of imidazole rings is 1. The van der Waals surface area contributed by atoms with Crippen LogP contribution in [0.25, 0.3) is 149 Å². The van der Waals surface area contributed by atoms with Crippen LogP contribution in [0.2, 0.25) is 0 Å². The van der Waals surface area contributed by atoms with Crippen LogP contribution in [0, 0.1) is 45.3 Å². The SMILES string of the molecule is N#Cc1ccc2c(c1)c1ccccc1n2-c1nc(-n2c3ccccc3c3cc(C#N)ccc32)c(-n2c3ccccc3c3cc(C#N)ccc32)c(-c2ccccc2-c2nc3ccccc3n2-c2ccccc2)c1-n1c2ccccc2c2cc(C#N)ccc21. The summed E-state index contributed by atoms with van der Waals surface area (Å²) in [6.45, 7) is 0. The molecule has 0 saturated heterocycles. The average Bonchev–Trinajstić information content (AvgIpc) is 1.65. The highest BCUT2D eigenvalue weighted by atomic mass is 15.2. The van der Waals surface area contributed by atoms with Gasteiger partial charge in [-0.1, -0.05) is 127 Å². The first-order chi connectivity index (χ1) is 43.0. The fraction of sp³-hybridized carbons (Fsp3) is 0. The van der Waals surface area contributed by atoms with Gasteiger partial charge in [0.1, 0.15) is 17.2 Å². The third kappa shape index (κ3) is 7.06. The maximum absolute atomic E-state index is 10.6. The molecule has 17 rings (SSSR count). The number of rotatable bonds is 7. The molecule has 0 fully saturated rings. The maximum Gasteiger partial charge on any atom is 0.165 e. The summed E-state index contributed by atoms with van der Waals surface area (Å²) >= 11 is 0. The van der Waals surface area contributed by atoms with E-state index in [1.807, 2.05) is 140 Å². The van der Waals surface area contributed by atoms with Crippen molar-refractivity contribution in [2.75, 3.05) is 0 Å². The summed E-state index contributed by atoms with van der Waals surface area (Å²) < 4.78 is 11.4. The molecule has 6 aromatic heterocycles. The molecule has 17 aromatic rings. The Bertz CT molecular complexity index is 5730. The van der Waals surface area contributed by atoms with Crippen molar-refractivity contribution in [1.82, 2.24) is 32.8 Å². The van der Waals surface area contributed by atoms with Crippen molar-refractivity contribution in [2.45, 2.75) is 0 Å². The minimum Gasteiger partial charge on any atom is -0.305 e. The smallest absolute Gasteiger partial charge is 0.165 e. The molecule has 0 N–H and O–H groups in total. The molecule has 6 heterocycles. The van der Waals surface area contributed by atoms with Crippen LogP contribution >= 0.6 is 0 Å². The number of aromatic nitrogens is 7. The molecule has 0 unspecified atom stereocenters. The summed E-state index contributed by atoms with van der Waals surface area (Å²) in [6.07, 6.45) is 0. The molecule has 11 aromatic carbocycles. The van der Waals surface area contributed by atoms with E-state index >= 15 is 0 Å². The number of hydrogen-bond donors (Lipinski definition) is 0. The Kier molecular flexibility index (Phi) is 10.6. The normalized spacial score (nSPS) is 11.6. The summed E-state index contributed by atoms with van der Waals surface area (Å²) in [5, 5.41) is 49.5. The first-order valence-corrected chi connectivity index (χ1v) is 28.5. The van der Waals surface area contributed by atoms with E-state index in [2.05, 4.69) is 156 Å². The van der Waals surface area contributed by atoms with Gasteiger partial charge < -0.3 is 9.13 Å². The lowest BCUT2D eigenvalue weighted by Crippen LogP contribution is -2.16. The van der Waals surface area contributed by atoms with Crippen LogP contribution in [0.4, 0.5) is 0 Å². The molecule has 11 nitrogen and oxygen atoms in total. The van der Waals surface area contributed by atoms with Crippen LogP contribution < -0.4 is 0 Å². The first kappa shape index (κ1) is 48.9. The van der Waals surface area contributed by atoms with Gasteiger partial charge in [-0.05, 0) is 127 Å². The number of fused-ring (bicyclic) bond motifs is 13. The predicted octanol–water partition coefficient (Wildman–Crippen LogP) is 17.6. The molecule has 0 saturated carbocycles. The summed E-state index contributed by atoms with van der Waals surface area (Å²) in [7, 11) is 0. The van der Waals surface area contributed by atoms with Gasteiger partial charge in [0.15, 0.2) is 11.6 Å². The largest absolute Gasteiger partial charge is 0.305 e. The Balaban J connectivity index is 1.20. The van der Waals surface area contributed by atoms with E-state index in [0.29, 0.717) is 51.1 Å². The minimum absolute atomic E-state index is 0.522. The molecule has 0 aliphatic heterocycles. The second kappa shape index (κ2) is 18.9. The number of pyridine rings is 1. The van der Waals surface area contributed by atoms with E-state index in [-0.39, 0.29) is 0 Å². The third-order valence-electron chi connectivity index (χ3n) is 17.2. The third-order valence-corrected chi connectivity index (χ3v) is 17.2. The van der Waals surface area contributed by atoms with E-state index in [0.717, 1.165) is 121 Å². The second-order valence-corrected chi connectivity index (χ2v) is 21.8. The van der Waals surface area contributed by atoms with Crippen LogP contribution in [0.3, 0.4) is 0 Å². The Morgan fingerprint density at radius 2 is 0.598 bits per heavy atom. The van der Waals surface area contributed by atoms with Crippen molar-refractivity contribution < 1.29 is 0 Å². The Hall–Kier alpha value is -12.8. The molecule has 0 spiro atoms. The summed E-state index contributed by atoms with van der Waals surface area (Å²) in [5.74, 6) is 1.83. The topological polar surface area (TPSA) is 146 Å². The van der Waals surface area contributed by atoms with E-state index < -0.39 is 0 Å². The molecule has 0 bridgehead atoms. The molecule has 0 amide bonds. The summed E-state index contributed by atoms with van der Waals surface area (Å²) in [5.41, 5.74) is 15.4. The van der Waals surface area contributed by atoms with Gasteiger partial charge in [0.2, 0.25) is 0 Å². The number of hydrogen-bond acceptors (Lipinski definition) is 6. The van der Waals surface area contributed by atoms with Gasteiger partial charge >= 0.3 is 0 Å². The fourth-order valence-electron chi connectivity index (χ4n) is 13.6. The second-order valence-electron chi connectivity index (χ2n) is 21.8. The van der Waals surface area contributed by atoms with Gasteiger partial charge in [-0.2, -0.15) is 21.0 Å². The fourth-order valence-corrected chi connectivity index (χ4v) is 13.6. The highest BCUT2D eigenvalue weighted by molar-refractivity contribution is 6.17. The molecule has 0 aliphatic rings. The zero-order chi connectivity index (χ0) is 58.0. The van der Waals surface area contributed by atoms with Gasteiger partial charge in [-0.3, -0.25) is 13.7 Å². The first-order valence-electron chi connectivity index (χ1n) is 28.5. The Labute approximate surface area is 496 Å². The quantitative estimate of drug-likeness (QED) is 0.155. The minimum atomic E-state index is 0.522. The van der Waals surface area contributed by atoms with Crippen molar-refractivity contribution in [1.29, 1.82) is 21.0 Å². The Morgan fingerprint density at radius 1 is 0.264 bits per heavy atom. The van der Waals surface area contributed by atoms with Crippen molar-refractivity contribution in [3.63, 3.8) is 0 Å². The van der Waals surface area contributed by atoms with E-state index in [9.17, 15) is 21.0 Å². The average molecular weight is 1110 g/mol. The van der Waals surface area contributed by atoms with E-state index in [4.69, 9.17) is 9.97 Å².